The SMILES string of the molecule is Cc1nc(Cc2nnc(SCC(=O)c3ccc(F)c(F)c3)o2)cs1. The Balaban J connectivity index is 1.58. The molecular formula is C15H11F2N3O2S2. The maximum Gasteiger partial charge on any atom is 0.277 e. The Morgan fingerprint density at radius 2 is 2.12 bits per heavy atom. The number of aromatic nitrogens is 3. The second-order valence-electron chi connectivity index (χ2n) is 4.84. The number of halogens is 2. The van der Waals surface area contributed by atoms with Crippen LogP contribution in [0.25, 0.3) is 0 Å². The van der Waals surface area contributed by atoms with Crippen molar-refractivity contribution in [3.63, 3.8) is 0 Å². The zero-order valence-electron chi connectivity index (χ0n) is 12.5. The maximum atomic E-state index is 13.1. The van der Waals surface area contributed by atoms with Gasteiger partial charge in [0.2, 0.25) is 5.89 Å². The number of rotatable bonds is 6. The largest absolute Gasteiger partial charge is 0.416 e. The van der Waals surface area contributed by atoms with Gasteiger partial charge in [-0.15, -0.1) is 21.5 Å². The molecule has 0 aliphatic heterocycles. The third-order valence-electron chi connectivity index (χ3n) is 3.02. The molecule has 3 rings (SSSR count). The normalized spacial score (nSPS) is 11.0. The minimum Gasteiger partial charge on any atom is -0.416 e. The first-order valence-corrected chi connectivity index (χ1v) is 8.72. The lowest BCUT2D eigenvalue weighted by molar-refractivity contribution is 0.102. The van der Waals surface area contributed by atoms with Gasteiger partial charge in [0, 0.05) is 10.9 Å². The molecule has 0 N–H and O–H groups in total. The first-order chi connectivity index (χ1) is 11.5. The van der Waals surface area contributed by atoms with E-state index in [1.807, 2.05) is 12.3 Å². The number of carbonyl (C=O) groups is 1. The van der Waals surface area contributed by atoms with E-state index in [0.717, 1.165) is 34.6 Å². The Hall–Kier alpha value is -2.13. The minimum atomic E-state index is -1.05. The highest BCUT2D eigenvalue weighted by molar-refractivity contribution is 7.99. The van der Waals surface area contributed by atoms with Gasteiger partial charge in [0.05, 0.1) is 22.9 Å². The zero-order chi connectivity index (χ0) is 17.1. The van der Waals surface area contributed by atoms with Gasteiger partial charge in [-0.3, -0.25) is 4.79 Å². The molecule has 0 atom stereocenters. The van der Waals surface area contributed by atoms with Crippen molar-refractivity contribution in [3.8, 4) is 0 Å². The smallest absolute Gasteiger partial charge is 0.277 e. The number of thioether (sulfide) groups is 1. The van der Waals surface area contributed by atoms with Crippen molar-refractivity contribution in [2.75, 3.05) is 5.75 Å². The van der Waals surface area contributed by atoms with Crippen molar-refractivity contribution in [2.24, 2.45) is 0 Å². The molecule has 0 unspecified atom stereocenters. The van der Waals surface area contributed by atoms with Crippen LogP contribution in [0.15, 0.2) is 33.2 Å². The molecule has 0 radical (unpaired) electrons. The molecule has 5 nitrogen and oxygen atoms in total. The van der Waals surface area contributed by atoms with Gasteiger partial charge in [-0.2, -0.15) is 0 Å². The molecule has 124 valence electrons. The van der Waals surface area contributed by atoms with Crippen LogP contribution in [0.2, 0.25) is 0 Å². The lowest BCUT2D eigenvalue weighted by Crippen LogP contribution is -2.03. The molecule has 0 amide bonds. The van der Waals surface area contributed by atoms with E-state index in [0.29, 0.717) is 12.3 Å². The summed E-state index contributed by atoms with van der Waals surface area (Å²) in [7, 11) is 0. The third-order valence-corrected chi connectivity index (χ3v) is 4.66. The summed E-state index contributed by atoms with van der Waals surface area (Å²) in [6, 6.07) is 3.04. The second-order valence-corrected chi connectivity index (χ2v) is 6.83. The Morgan fingerprint density at radius 3 is 2.83 bits per heavy atom. The van der Waals surface area contributed by atoms with Crippen molar-refractivity contribution in [1.29, 1.82) is 0 Å². The predicted octanol–water partition coefficient (Wildman–Crippen LogP) is 3.68. The standard InChI is InChI=1S/C15H11F2N3O2S2/c1-8-18-10(6-23-8)5-14-19-20-15(22-14)24-7-13(21)9-2-3-11(16)12(17)4-9/h2-4,6H,5,7H2,1H3. The van der Waals surface area contributed by atoms with E-state index in [4.69, 9.17) is 4.42 Å². The van der Waals surface area contributed by atoms with E-state index in [9.17, 15) is 13.6 Å². The van der Waals surface area contributed by atoms with E-state index in [-0.39, 0.29) is 22.3 Å². The van der Waals surface area contributed by atoms with Gasteiger partial charge in [-0.05, 0) is 25.1 Å². The molecule has 0 bridgehead atoms. The first kappa shape index (κ1) is 16.7. The summed E-state index contributed by atoms with van der Waals surface area (Å²) in [5.74, 6) is -2.00. The molecule has 0 saturated heterocycles. The molecule has 0 aliphatic rings. The summed E-state index contributed by atoms with van der Waals surface area (Å²) in [5, 5.41) is 10.9. The fraction of sp³-hybridized carbons (Fsp3) is 0.200. The third kappa shape index (κ3) is 4.04. The van der Waals surface area contributed by atoms with Gasteiger partial charge in [0.25, 0.3) is 5.22 Å². The van der Waals surface area contributed by atoms with Crippen molar-refractivity contribution < 1.29 is 18.0 Å². The number of hydrogen-bond donors (Lipinski definition) is 0. The zero-order valence-corrected chi connectivity index (χ0v) is 14.1. The fourth-order valence-electron chi connectivity index (χ4n) is 1.89. The van der Waals surface area contributed by atoms with E-state index >= 15 is 0 Å². The average Bonchev–Trinajstić information content (AvgIpc) is 3.17. The summed E-state index contributed by atoms with van der Waals surface area (Å²) >= 11 is 2.58. The Bertz CT molecular complexity index is 879. The van der Waals surface area contributed by atoms with Crippen molar-refractivity contribution in [1.82, 2.24) is 15.2 Å². The number of benzene rings is 1. The summed E-state index contributed by atoms with van der Waals surface area (Å²) in [5.41, 5.74) is 0.939. The lowest BCUT2D eigenvalue weighted by Gasteiger charge is -2.00. The molecule has 2 aromatic heterocycles. The fourth-order valence-corrected chi connectivity index (χ4v) is 3.18. The molecule has 1 aromatic carbocycles. The number of nitrogens with zero attached hydrogens (tertiary/aromatic N) is 3. The van der Waals surface area contributed by atoms with Crippen LogP contribution in [0.4, 0.5) is 8.78 Å². The topological polar surface area (TPSA) is 68.9 Å². The van der Waals surface area contributed by atoms with Crippen LogP contribution in [0, 0.1) is 18.6 Å². The van der Waals surface area contributed by atoms with Crippen LogP contribution in [0.1, 0.15) is 27.0 Å². The van der Waals surface area contributed by atoms with Gasteiger partial charge >= 0.3 is 0 Å². The molecule has 0 saturated carbocycles. The van der Waals surface area contributed by atoms with Gasteiger partial charge in [-0.25, -0.2) is 13.8 Å². The van der Waals surface area contributed by atoms with E-state index in [1.165, 1.54) is 17.4 Å². The summed E-state index contributed by atoms with van der Waals surface area (Å²) in [4.78, 5) is 16.3. The summed E-state index contributed by atoms with van der Waals surface area (Å²) < 4.78 is 31.4. The number of ketones is 1. The average molecular weight is 367 g/mol. The Kier molecular flexibility index (Phi) is 5.00. The van der Waals surface area contributed by atoms with Crippen molar-refractivity contribution in [3.05, 3.63) is 57.4 Å². The summed E-state index contributed by atoms with van der Waals surface area (Å²) in [6.45, 7) is 1.91. The molecular weight excluding hydrogens is 356 g/mol. The number of thiazole rings is 1. The number of carbonyl (C=O) groups excluding carboxylic acids is 1. The van der Waals surface area contributed by atoms with Gasteiger partial charge < -0.3 is 4.42 Å². The van der Waals surface area contributed by atoms with Crippen molar-refractivity contribution >= 4 is 28.9 Å². The number of hydrogen-bond acceptors (Lipinski definition) is 7. The van der Waals surface area contributed by atoms with Crippen LogP contribution in [-0.4, -0.2) is 26.7 Å². The van der Waals surface area contributed by atoms with E-state index in [2.05, 4.69) is 15.2 Å². The minimum absolute atomic E-state index is 0.0114. The molecule has 0 fully saturated rings. The number of aryl methyl sites for hydroxylation is 1. The van der Waals surface area contributed by atoms with E-state index in [1.54, 1.807) is 0 Å². The first-order valence-electron chi connectivity index (χ1n) is 6.85. The van der Waals surface area contributed by atoms with Crippen molar-refractivity contribution in [2.45, 2.75) is 18.6 Å². The molecule has 24 heavy (non-hydrogen) atoms. The quantitative estimate of drug-likeness (QED) is 0.489. The van der Waals surface area contributed by atoms with Gasteiger partial charge in [0.1, 0.15) is 0 Å². The van der Waals surface area contributed by atoms with Gasteiger partial charge in [0.15, 0.2) is 17.4 Å². The maximum absolute atomic E-state index is 13.1. The molecule has 0 spiro atoms. The molecule has 3 aromatic rings. The molecule has 2 heterocycles. The van der Waals surface area contributed by atoms with Crippen LogP contribution >= 0.6 is 23.1 Å². The summed E-state index contributed by atoms with van der Waals surface area (Å²) in [6.07, 6.45) is 0.426. The second kappa shape index (κ2) is 7.18. The molecule has 9 heteroatoms. The van der Waals surface area contributed by atoms with Crippen LogP contribution in [-0.2, 0) is 6.42 Å². The predicted molar refractivity (Wildman–Crippen MR) is 85.4 cm³/mol. The number of Topliss-reactive ketones (excluding diaryl/α,β-unsaturated/α-hetero) is 1. The monoisotopic (exact) mass is 367 g/mol. The van der Waals surface area contributed by atoms with Crippen LogP contribution in [0.5, 0.6) is 0 Å². The van der Waals surface area contributed by atoms with Crippen LogP contribution in [0.3, 0.4) is 0 Å². The Labute approximate surface area is 144 Å². The highest BCUT2D eigenvalue weighted by atomic mass is 32.2. The highest BCUT2D eigenvalue weighted by Crippen LogP contribution is 2.20. The highest BCUT2D eigenvalue weighted by Gasteiger charge is 2.14. The van der Waals surface area contributed by atoms with Crippen LogP contribution < -0.4 is 0 Å². The Morgan fingerprint density at radius 1 is 1.29 bits per heavy atom. The van der Waals surface area contributed by atoms with E-state index < -0.39 is 11.6 Å². The lowest BCUT2D eigenvalue weighted by atomic mass is 10.1. The molecule has 0 aliphatic carbocycles. The van der Waals surface area contributed by atoms with Gasteiger partial charge in [-0.1, -0.05) is 11.8 Å².